The summed E-state index contributed by atoms with van der Waals surface area (Å²) in [7, 11) is 0. The lowest BCUT2D eigenvalue weighted by molar-refractivity contribution is -0.126. The largest absolute Gasteiger partial charge is 0.375 e. The number of amides is 2. The predicted molar refractivity (Wildman–Crippen MR) is 82.0 cm³/mol. The van der Waals surface area contributed by atoms with E-state index >= 15 is 0 Å². The van der Waals surface area contributed by atoms with Crippen molar-refractivity contribution in [2.24, 2.45) is 0 Å². The van der Waals surface area contributed by atoms with Crippen LogP contribution in [-0.4, -0.2) is 16.8 Å². The van der Waals surface area contributed by atoms with Crippen LogP contribution in [-0.2, 0) is 16.0 Å². The van der Waals surface area contributed by atoms with E-state index in [9.17, 15) is 9.59 Å². The maximum Gasteiger partial charge on any atom is 0.262 e. The van der Waals surface area contributed by atoms with Gasteiger partial charge in [0.15, 0.2) is 5.13 Å². The number of hydrazine groups is 1. The molecule has 2 rings (SSSR count). The number of nitrogens with zero attached hydrogens (tertiary/aromatic N) is 1. The second kappa shape index (κ2) is 7.20. The smallest absolute Gasteiger partial charge is 0.262 e. The predicted octanol–water partition coefficient (Wildman–Crippen LogP) is 1.13. The summed E-state index contributed by atoms with van der Waals surface area (Å²) in [5.74, 6) is -0.772. The monoisotopic (exact) mass is 302 g/mol. The molecule has 2 aromatic rings. The number of carbonyl (C=O) groups excluding carboxylic acids is 2. The van der Waals surface area contributed by atoms with Gasteiger partial charge in [-0.25, -0.2) is 4.98 Å². The quantitative estimate of drug-likeness (QED) is 0.582. The van der Waals surface area contributed by atoms with Crippen molar-refractivity contribution in [1.29, 1.82) is 0 Å². The summed E-state index contributed by atoms with van der Waals surface area (Å²) < 4.78 is 0. The van der Waals surface area contributed by atoms with Crippen LogP contribution in [0.5, 0.6) is 0 Å². The van der Waals surface area contributed by atoms with Gasteiger partial charge in [-0.2, -0.15) is 0 Å². The molecule has 108 valence electrons. The van der Waals surface area contributed by atoms with E-state index in [1.54, 1.807) is 11.5 Å². The molecule has 0 fully saturated rings. The minimum atomic E-state index is -0.412. The van der Waals surface area contributed by atoms with Crippen LogP contribution in [0.25, 0.3) is 6.08 Å². The molecule has 0 aliphatic carbocycles. The lowest BCUT2D eigenvalue weighted by atomic mass is 10.2. The van der Waals surface area contributed by atoms with Crippen molar-refractivity contribution >= 4 is 34.4 Å². The van der Waals surface area contributed by atoms with Crippen LogP contribution >= 0.6 is 11.3 Å². The minimum Gasteiger partial charge on any atom is -0.375 e. The van der Waals surface area contributed by atoms with Crippen molar-refractivity contribution in [3.05, 3.63) is 53.0 Å². The number of rotatable bonds is 4. The summed E-state index contributed by atoms with van der Waals surface area (Å²) in [6.45, 7) is 0. The van der Waals surface area contributed by atoms with E-state index < -0.39 is 5.91 Å². The molecule has 0 unspecified atom stereocenters. The van der Waals surface area contributed by atoms with E-state index in [4.69, 9.17) is 5.73 Å². The highest BCUT2D eigenvalue weighted by atomic mass is 32.1. The molecule has 1 aromatic carbocycles. The van der Waals surface area contributed by atoms with Crippen molar-refractivity contribution in [2.45, 2.75) is 6.42 Å². The standard InChI is InChI=1S/C14H14N4O2S/c15-14-16-11(9-21-14)8-13(20)18-17-12(19)7-6-10-4-2-1-3-5-10/h1-7,9H,8H2,(H2,15,16)(H,17,19)(H,18,20). The molecule has 0 bridgehead atoms. The van der Waals surface area contributed by atoms with E-state index in [0.29, 0.717) is 10.8 Å². The van der Waals surface area contributed by atoms with Crippen molar-refractivity contribution in [3.8, 4) is 0 Å². The van der Waals surface area contributed by atoms with Gasteiger partial charge in [0.25, 0.3) is 5.91 Å². The third-order valence-corrected chi connectivity index (χ3v) is 3.19. The summed E-state index contributed by atoms with van der Waals surface area (Å²) in [4.78, 5) is 27.1. The fourth-order valence-corrected chi connectivity index (χ4v) is 2.08. The Balaban J connectivity index is 1.76. The Morgan fingerprint density at radius 3 is 2.67 bits per heavy atom. The lowest BCUT2D eigenvalue weighted by Gasteiger charge is -2.03. The zero-order chi connectivity index (χ0) is 15.1. The minimum absolute atomic E-state index is 0.0659. The zero-order valence-electron chi connectivity index (χ0n) is 11.1. The van der Waals surface area contributed by atoms with Gasteiger partial charge in [-0.3, -0.25) is 20.4 Å². The van der Waals surface area contributed by atoms with Crippen molar-refractivity contribution in [2.75, 3.05) is 5.73 Å². The number of nitrogens with two attached hydrogens (primary N) is 1. The number of nitrogen functional groups attached to an aromatic ring is 1. The molecule has 0 saturated carbocycles. The molecule has 0 aliphatic heterocycles. The number of benzene rings is 1. The highest BCUT2D eigenvalue weighted by Crippen LogP contribution is 2.10. The van der Waals surface area contributed by atoms with E-state index in [2.05, 4.69) is 15.8 Å². The second-order valence-corrected chi connectivity index (χ2v) is 5.02. The van der Waals surface area contributed by atoms with Crippen LogP contribution in [0.2, 0.25) is 0 Å². The molecular formula is C14H14N4O2S. The lowest BCUT2D eigenvalue weighted by Crippen LogP contribution is -2.41. The van der Waals surface area contributed by atoms with Gasteiger partial charge in [-0.1, -0.05) is 30.3 Å². The number of carbonyl (C=O) groups is 2. The van der Waals surface area contributed by atoms with E-state index in [-0.39, 0.29) is 12.3 Å². The van der Waals surface area contributed by atoms with Gasteiger partial charge in [0.2, 0.25) is 5.91 Å². The normalized spacial score (nSPS) is 10.5. The number of nitrogens with one attached hydrogen (secondary N) is 2. The molecule has 4 N–H and O–H groups in total. The van der Waals surface area contributed by atoms with Gasteiger partial charge in [0.1, 0.15) is 0 Å². The average Bonchev–Trinajstić information content (AvgIpc) is 2.89. The van der Waals surface area contributed by atoms with Crippen LogP contribution in [0, 0.1) is 0 Å². The van der Waals surface area contributed by atoms with Gasteiger partial charge in [0, 0.05) is 11.5 Å². The summed E-state index contributed by atoms with van der Waals surface area (Å²) >= 11 is 1.26. The molecule has 1 heterocycles. The number of hydrogen-bond acceptors (Lipinski definition) is 5. The van der Waals surface area contributed by atoms with Crippen LogP contribution in [0.1, 0.15) is 11.3 Å². The molecular weight excluding hydrogens is 288 g/mol. The summed E-state index contributed by atoms with van der Waals surface area (Å²) in [5.41, 5.74) is 11.6. The van der Waals surface area contributed by atoms with Gasteiger partial charge in [-0.05, 0) is 11.6 Å². The topological polar surface area (TPSA) is 97.1 Å². The summed E-state index contributed by atoms with van der Waals surface area (Å²) in [6, 6.07) is 9.38. The Kier molecular flexibility index (Phi) is 5.05. The third-order valence-electron chi connectivity index (χ3n) is 2.46. The Morgan fingerprint density at radius 2 is 2.00 bits per heavy atom. The first-order chi connectivity index (χ1) is 10.1. The summed E-state index contributed by atoms with van der Waals surface area (Å²) in [6.07, 6.45) is 3.06. The van der Waals surface area contributed by atoms with Gasteiger partial charge >= 0.3 is 0 Å². The molecule has 6 nitrogen and oxygen atoms in total. The molecule has 7 heteroatoms. The third kappa shape index (κ3) is 5.07. The molecule has 0 radical (unpaired) electrons. The van der Waals surface area contributed by atoms with Crippen LogP contribution in [0.4, 0.5) is 5.13 Å². The summed E-state index contributed by atoms with van der Waals surface area (Å²) in [5, 5.41) is 2.11. The van der Waals surface area contributed by atoms with Crippen LogP contribution in [0.15, 0.2) is 41.8 Å². The second-order valence-electron chi connectivity index (χ2n) is 4.14. The van der Waals surface area contributed by atoms with E-state index in [0.717, 1.165) is 5.56 Å². The maximum atomic E-state index is 11.6. The number of hydrogen-bond donors (Lipinski definition) is 3. The Bertz CT molecular complexity index is 652. The molecule has 21 heavy (non-hydrogen) atoms. The van der Waals surface area contributed by atoms with Gasteiger partial charge in [-0.15, -0.1) is 11.3 Å². The Hall–Kier alpha value is -2.67. The Morgan fingerprint density at radius 1 is 1.24 bits per heavy atom. The first kappa shape index (κ1) is 14.7. The SMILES string of the molecule is Nc1nc(CC(=O)NNC(=O)C=Cc2ccccc2)cs1. The molecule has 0 atom stereocenters. The van der Waals surface area contributed by atoms with Crippen molar-refractivity contribution in [3.63, 3.8) is 0 Å². The van der Waals surface area contributed by atoms with Gasteiger partial charge < -0.3 is 5.73 Å². The fourth-order valence-electron chi connectivity index (χ4n) is 1.52. The van der Waals surface area contributed by atoms with Crippen molar-refractivity contribution < 1.29 is 9.59 Å². The first-order valence-electron chi connectivity index (χ1n) is 6.15. The fraction of sp³-hybridized carbons (Fsp3) is 0.0714. The van der Waals surface area contributed by atoms with Crippen LogP contribution < -0.4 is 16.6 Å². The Labute approximate surface area is 125 Å². The highest BCUT2D eigenvalue weighted by Gasteiger charge is 2.06. The number of aromatic nitrogens is 1. The van der Waals surface area contributed by atoms with Gasteiger partial charge in [0.05, 0.1) is 12.1 Å². The van der Waals surface area contributed by atoms with Crippen molar-refractivity contribution in [1.82, 2.24) is 15.8 Å². The average molecular weight is 302 g/mol. The molecule has 0 aliphatic rings. The van der Waals surface area contributed by atoms with E-state index in [1.165, 1.54) is 17.4 Å². The van der Waals surface area contributed by atoms with Crippen LogP contribution in [0.3, 0.4) is 0 Å². The molecule has 2 amide bonds. The molecule has 1 aromatic heterocycles. The first-order valence-corrected chi connectivity index (χ1v) is 7.03. The zero-order valence-corrected chi connectivity index (χ0v) is 11.9. The molecule has 0 saturated heterocycles. The molecule has 0 spiro atoms. The number of anilines is 1. The maximum absolute atomic E-state index is 11.6. The number of thiazole rings is 1. The highest BCUT2D eigenvalue weighted by molar-refractivity contribution is 7.13. The van der Waals surface area contributed by atoms with E-state index in [1.807, 2.05) is 30.3 Å².